The van der Waals surface area contributed by atoms with Gasteiger partial charge in [-0.3, -0.25) is 0 Å². The van der Waals surface area contributed by atoms with E-state index in [0.717, 1.165) is 38.5 Å². The summed E-state index contributed by atoms with van der Waals surface area (Å²) >= 11 is 6.54. The van der Waals surface area contributed by atoms with Gasteiger partial charge in [-0.15, -0.1) is 11.6 Å². The zero-order valence-electron chi connectivity index (χ0n) is 14.8. The topological polar surface area (TPSA) is 20.2 Å². The second kappa shape index (κ2) is 8.93. The summed E-state index contributed by atoms with van der Waals surface area (Å²) in [6, 6.07) is 0. The van der Waals surface area contributed by atoms with Crippen molar-refractivity contribution in [2.24, 2.45) is 5.92 Å². The number of aliphatic hydroxyl groups excluding tert-OH is 1. The minimum atomic E-state index is -0.526. The SMILES string of the molecule is C=C(C)[C@@H]1C/C=C(\C)CC[C@@H](O)[C@](C)(Cl)CC/C=C(\C)CC1. The van der Waals surface area contributed by atoms with E-state index in [0.29, 0.717) is 5.92 Å². The molecule has 1 aliphatic rings. The molecule has 0 spiro atoms. The largest absolute Gasteiger partial charge is 0.391 e. The number of hydrogen-bond donors (Lipinski definition) is 1. The van der Waals surface area contributed by atoms with Gasteiger partial charge >= 0.3 is 0 Å². The number of hydrogen-bond acceptors (Lipinski definition) is 1. The van der Waals surface area contributed by atoms with Gasteiger partial charge in [0.05, 0.1) is 11.0 Å². The highest BCUT2D eigenvalue weighted by atomic mass is 35.5. The Bertz CT molecular complexity index is 431. The van der Waals surface area contributed by atoms with Crippen LogP contribution in [0.25, 0.3) is 0 Å². The van der Waals surface area contributed by atoms with Gasteiger partial charge in [-0.05, 0) is 78.6 Å². The molecule has 1 N–H and O–H groups in total. The van der Waals surface area contributed by atoms with E-state index < -0.39 is 11.0 Å². The lowest BCUT2D eigenvalue weighted by Crippen LogP contribution is -2.33. The van der Waals surface area contributed by atoms with E-state index in [9.17, 15) is 5.11 Å². The van der Waals surface area contributed by atoms with Crippen molar-refractivity contribution in [2.75, 3.05) is 0 Å². The van der Waals surface area contributed by atoms with Gasteiger partial charge in [0.25, 0.3) is 0 Å². The minimum absolute atomic E-state index is 0.453. The molecule has 0 amide bonds. The van der Waals surface area contributed by atoms with Crippen molar-refractivity contribution < 1.29 is 5.11 Å². The highest BCUT2D eigenvalue weighted by molar-refractivity contribution is 6.24. The first-order valence-corrected chi connectivity index (χ1v) is 8.94. The molecule has 0 aromatic carbocycles. The highest BCUT2D eigenvalue weighted by Gasteiger charge is 2.29. The average molecular weight is 325 g/mol. The summed E-state index contributed by atoms with van der Waals surface area (Å²) in [6.45, 7) is 12.6. The van der Waals surface area contributed by atoms with Crippen molar-refractivity contribution in [2.45, 2.75) is 83.6 Å². The van der Waals surface area contributed by atoms with Crippen molar-refractivity contribution in [1.29, 1.82) is 0 Å². The van der Waals surface area contributed by atoms with Crippen LogP contribution in [0.4, 0.5) is 0 Å². The van der Waals surface area contributed by atoms with Crippen molar-refractivity contribution in [3.8, 4) is 0 Å². The van der Waals surface area contributed by atoms with Crippen molar-refractivity contribution in [3.05, 3.63) is 35.5 Å². The predicted molar refractivity (Wildman–Crippen MR) is 98.4 cm³/mol. The maximum absolute atomic E-state index is 10.4. The zero-order valence-corrected chi connectivity index (χ0v) is 15.5. The standard InChI is InChI=1S/C20H33ClO/c1-15(2)18-11-8-16(3)7-6-14-20(5,21)19(22)13-10-17(4)9-12-18/h7,9,18-19,22H,1,6,8,10-14H2,2-5H3/b16-7+,17-9+/t18-,19+,20+/m0/s1. The van der Waals surface area contributed by atoms with E-state index in [4.69, 9.17) is 11.6 Å². The lowest BCUT2D eigenvalue weighted by atomic mass is 9.88. The Morgan fingerprint density at radius 1 is 1.23 bits per heavy atom. The van der Waals surface area contributed by atoms with E-state index in [1.807, 2.05) is 6.92 Å². The average Bonchev–Trinajstić information content (AvgIpc) is 2.43. The van der Waals surface area contributed by atoms with Crippen LogP contribution in [-0.4, -0.2) is 16.1 Å². The first kappa shape index (κ1) is 19.5. The fourth-order valence-corrected chi connectivity index (χ4v) is 3.17. The Labute approximate surface area is 142 Å². The van der Waals surface area contributed by atoms with Crippen LogP contribution in [0, 0.1) is 5.92 Å². The van der Waals surface area contributed by atoms with Crippen LogP contribution in [0.3, 0.4) is 0 Å². The lowest BCUT2D eigenvalue weighted by Gasteiger charge is -2.28. The molecule has 22 heavy (non-hydrogen) atoms. The predicted octanol–water partition coefficient (Wildman–Crippen LogP) is 6.17. The third-order valence-corrected chi connectivity index (χ3v) is 5.41. The molecule has 0 fully saturated rings. The normalized spacial score (nSPS) is 37.4. The first-order chi connectivity index (χ1) is 10.2. The minimum Gasteiger partial charge on any atom is -0.391 e. The highest BCUT2D eigenvalue weighted by Crippen LogP contribution is 2.31. The monoisotopic (exact) mass is 324 g/mol. The van der Waals surface area contributed by atoms with Crippen LogP contribution in [0.1, 0.15) is 72.6 Å². The second-order valence-electron chi connectivity index (χ2n) is 7.29. The molecule has 0 aliphatic heterocycles. The summed E-state index contributed by atoms with van der Waals surface area (Å²) in [4.78, 5) is -0.526. The molecule has 0 unspecified atom stereocenters. The Balaban J connectivity index is 2.85. The number of halogens is 1. The molecule has 0 aromatic rings. The molecule has 0 saturated heterocycles. The van der Waals surface area contributed by atoms with E-state index in [1.165, 1.54) is 23.1 Å². The number of allylic oxidation sites excluding steroid dienone is 5. The van der Waals surface area contributed by atoms with Crippen molar-refractivity contribution in [1.82, 2.24) is 0 Å². The summed E-state index contributed by atoms with van der Waals surface area (Å²) in [5.74, 6) is 0.560. The van der Waals surface area contributed by atoms with Crippen LogP contribution < -0.4 is 0 Å². The van der Waals surface area contributed by atoms with Crippen LogP contribution in [-0.2, 0) is 0 Å². The molecule has 1 nitrogen and oxygen atoms in total. The summed E-state index contributed by atoms with van der Waals surface area (Å²) in [7, 11) is 0. The second-order valence-corrected chi connectivity index (χ2v) is 8.15. The van der Waals surface area contributed by atoms with Gasteiger partial charge in [0, 0.05) is 0 Å². The van der Waals surface area contributed by atoms with Gasteiger partial charge in [-0.1, -0.05) is 35.5 Å². The number of aliphatic hydroxyl groups is 1. The maximum Gasteiger partial charge on any atom is 0.0732 e. The molecule has 0 bridgehead atoms. The van der Waals surface area contributed by atoms with Gasteiger partial charge in [0.2, 0.25) is 0 Å². The van der Waals surface area contributed by atoms with E-state index in [1.54, 1.807) is 0 Å². The molecule has 0 aromatic heterocycles. The fraction of sp³-hybridized carbons (Fsp3) is 0.700. The fourth-order valence-electron chi connectivity index (χ4n) is 2.95. The quantitative estimate of drug-likeness (QED) is 0.451. The summed E-state index contributed by atoms with van der Waals surface area (Å²) in [6.07, 6.45) is 10.9. The maximum atomic E-state index is 10.4. The Kier molecular flexibility index (Phi) is 7.93. The van der Waals surface area contributed by atoms with Crippen LogP contribution in [0.5, 0.6) is 0 Å². The van der Waals surface area contributed by atoms with Gasteiger partial charge in [0.15, 0.2) is 0 Å². The van der Waals surface area contributed by atoms with Gasteiger partial charge in [0.1, 0.15) is 0 Å². The van der Waals surface area contributed by atoms with E-state index >= 15 is 0 Å². The van der Waals surface area contributed by atoms with E-state index in [2.05, 4.69) is 39.5 Å². The smallest absolute Gasteiger partial charge is 0.0732 e. The lowest BCUT2D eigenvalue weighted by molar-refractivity contribution is 0.118. The third-order valence-electron chi connectivity index (χ3n) is 4.97. The summed E-state index contributed by atoms with van der Waals surface area (Å²) < 4.78 is 0. The molecule has 1 rings (SSSR count). The van der Waals surface area contributed by atoms with Gasteiger partial charge in [-0.2, -0.15) is 0 Å². The molecule has 126 valence electrons. The van der Waals surface area contributed by atoms with E-state index in [-0.39, 0.29) is 0 Å². The molecule has 3 atom stereocenters. The Morgan fingerprint density at radius 3 is 2.45 bits per heavy atom. The summed E-state index contributed by atoms with van der Waals surface area (Å²) in [5, 5.41) is 10.4. The Hall–Kier alpha value is -0.530. The van der Waals surface area contributed by atoms with Crippen molar-refractivity contribution in [3.63, 3.8) is 0 Å². The zero-order chi connectivity index (χ0) is 16.8. The number of alkyl halides is 1. The summed E-state index contributed by atoms with van der Waals surface area (Å²) in [5.41, 5.74) is 4.05. The Morgan fingerprint density at radius 2 is 1.82 bits per heavy atom. The van der Waals surface area contributed by atoms with Crippen LogP contribution >= 0.6 is 11.6 Å². The van der Waals surface area contributed by atoms with Crippen LogP contribution in [0.15, 0.2) is 35.5 Å². The van der Waals surface area contributed by atoms with Gasteiger partial charge < -0.3 is 5.11 Å². The molecule has 0 heterocycles. The molecule has 2 heteroatoms. The molecule has 1 aliphatic carbocycles. The molecule has 0 radical (unpaired) electrons. The first-order valence-electron chi connectivity index (χ1n) is 8.56. The van der Waals surface area contributed by atoms with Crippen LogP contribution in [0.2, 0.25) is 0 Å². The molecule has 0 saturated carbocycles. The number of rotatable bonds is 1. The molecular weight excluding hydrogens is 292 g/mol. The third kappa shape index (κ3) is 6.71. The van der Waals surface area contributed by atoms with Gasteiger partial charge in [-0.25, -0.2) is 0 Å². The molecular formula is C20H33ClO. The van der Waals surface area contributed by atoms with Crippen molar-refractivity contribution >= 4 is 11.6 Å².